The zero-order valence-corrected chi connectivity index (χ0v) is 13.4. The van der Waals surface area contributed by atoms with Crippen LogP contribution >= 0.6 is 0 Å². The van der Waals surface area contributed by atoms with Crippen LogP contribution in [0.25, 0.3) is 0 Å². The molecule has 1 N–H and O–H groups in total. The van der Waals surface area contributed by atoms with Crippen LogP contribution in [0.5, 0.6) is 0 Å². The van der Waals surface area contributed by atoms with Crippen molar-refractivity contribution in [3.05, 3.63) is 0 Å². The van der Waals surface area contributed by atoms with E-state index < -0.39 is 5.54 Å². The van der Waals surface area contributed by atoms with Gasteiger partial charge in [-0.05, 0) is 44.6 Å². The molecule has 2 aliphatic rings. The van der Waals surface area contributed by atoms with E-state index in [1.165, 1.54) is 7.11 Å². The molecule has 0 amide bonds. The Hall–Kier alpha value is -0.650. The molecule has 2 unspecified atom stereocenters. The highest BCUT2D eigenvalue weighted by atomic mass is 16.5. The van der Waals surface area contributed by atoms with Crippen molar-refractivity contribution in [3.8, 4) is 0 Å². The fraction of sp³-hybridized carbons (Fsp3) is 0.938. The molecule has 1 aliphatic carbocycles. The number of ether oxygens (including phenoxy) is 3. The molecular weight excluding hydrogens is 270 g/mol. The Kier molecular flexibility index (Phi) is 6.45. The highest BCUT2D eigenvalue weighted by Gasteiger charge is 2.43. The zero-order chi connectivity index (χ0) is 15.1. The van der Waals surface area contributed by atoms with Crippen molar-refractivity contribution in [2.75, 3.05) is 33.5 Å². The molecular formula is C16H29NO4. The molecule has 0 aromatic heterocycles. The lowest BCUT2D eigenvalue weighted by Crippen LogP contribution is -2.56. The lowest BCUT2D eigenvalue weighted by molar-refractivity contribution is -0.153. The minimum Gasteiger partial charge on any atom is -0.468 e. The fourth-order valence-electron chi connectivity index (χ4n) is 3.50. The van der Waals surface area contributed by atoms with Crippen LogP contribution in [0, 0.1) is 5.92 Å². The number of esters is 1. The van der Waals surface area contributed by atoms with E-state index in [-0.39, 0.29) is 12.1 Å². The summed E-state index contributed by atoms with van der Waals surface area (Å²) in [6, 6.07) is 0. The summed E-state index contributed by atoms with van der Waals surface area (Å²) >= 11 is 0. The summed E-state index contributed by atoms with van der Waals surface area (Å²) in [6.45, 7) is 5.28. The van der Waals surface area contributed by atoms with Crippen molar-refractivity contribution >= 4 is 5.97 Å². The SMILES string of the molecule is CCNC1(C(=O)OC)CCCC(OCC2CCOCC2)C1. The summed E-state index contributed by atoms with van der Waals surface area (Å²) in [5.41, 5.74) is -0.553. The zero-order valence-electron chi connectivity index (χ0n) is 13.4. The van der Waals surface area contributed by atoms with Gasteiger partial charge in [0.1, 0.15) is 5.54 Å². The molecule has 1 saturated carbocycles. The van der Waals surface area contributed by atoms with Crippen molar-refractivity contribution in [2.24, 2.45) is 5.92 Å². The van der Waals surface area contributed by atoms with Gasteiger partial charge in [0.2, 0.25) is 0 Å². The normalized spacial score (nSPS) is 31.0. The third-order valence-corrected chi connectivity index (χ3v) is 4.71. The minimum absolute atomic E-state index is 0.149. The predicted octanol–water partition coefficient (Wildman–Crippen LogP) is 1.89. The van der Waals surface area contributed by atoms with Gasteiger partial charge in [0.25, 0.3) is 0 Å². The van der Waals surface area contributed by atoms with Gasteiger partial charge in [-0.3, -0.25) is 4.79 Å². The van der Waals surface area contributed by atoms with Gasteiger partial charge < -0.3 is 19.5 Å². The van der Waals surface area contributed by atoms with Crippen molar-refractivity contribution in [2.45, 2.75) is 57.1 Å². The van der Waals surface area contributed by atoms with Gasteiger partial charge in [-0.15, -0.1) is 0 Å². The number of nitrogens with one attached hydrogen (secondary N) is 1. The van der Waals surface area contributed by atoms with Crippen LogP contribution in [-0.4, -0.2) is 51.1 Å². The van der Waals surface area contributed by atoms with E-state index in [1.807, 2.05) is 6.92 Å². The molecule has 0 aromatic carbocycles. The largest absolute Gasteiger partial charge is 0.468 e. The van der Waals surface area contributed by atoms with E-state index in [9.17, 15) is 4.79 Å². The maximum Gasteiger partial charge on any atom is 0.326 e. The summed E-state index contributed by atoms with van der Waals surface area (Å²) < 4.78 is 16.5. The van der Waals surface area contributed by atoms with Gasteiger partial charge >= 0.3 is 5.97 Å². The van der Waals surface area contributed by atoms with Crippen molar-refractivity contribution in [1.82, 2.24) is 5.32 Å². The Bertz CT molecular complexity index is 326. The molecule has 0 spiro atoms. The second-order valence-electron chi connectivity index (χ2n) is 6.21. The average Bonchev–Trinajstić information content (AvgIpc) is 2.54. The van der Waals surface area contributed by atoms with Crippen molar-refractivity contribution in [1.29, 1.82) is 0 Å². The molecule has 0 bridgehead atoms. The summed E-state index contributed by atoms with van der Waals surface area (Å²) in [4.78, 5) is 12.2. The topological polar surface area (TPSA) is 56.8 Å². The summed E-state index contributed by atoms with van der Waals surface area (Å²) in [5, 5.41) is 3.34. The Morgan fingerprint density at radius 3 is 2.76 bits per heavy atom. The lowest BCUT2D eigenvalue weighted by Gasteiger charge is -2.39. The molecule has 5 nitrogen and oxygen atoms in total. The van der Waals surface area contributed by atoms with Gasteiger partial charge in [0.05, 0.1) is 13.2 Å². The van der Waals surface area contributed by atoms with Gasteiger partial charge in [0.15, 0.2) is 0 Å². The van der Waals surface area contributed by atoms with Crippen molar-refractivity contribution in [3.63, 3.8) is 0 Å². The molecule has 2 atom stereocenters. The highest BCUT2D eigenvalue weighted by molar-refractivity contribution is 5.81. The second kappa shape index (κ2) is 8.11. The number of hydrogen-bond donors (Lipinski definition) is 1. The van der Waals surface area contributed by atoms with Crippen LogP contribution < -0.4 is 5.32 Å². The third-order valence-electron chi connectivity index (χ3n) is 4.71. The molecule has 1 aliphatic heterocycles. The molecule has 5 heteroatoms. The monoisotopic (exact) mass is 299 g/mol. The predicted molar refractivity (Wildman–Crippen MR) is 80.2 cm³/mol. The maximum absolute atomic E-state index is 12.2. The Labute approximate surface area is 127 Å². The van der Waals surface area contributed by atoms with Crippen LogP contribution in [0.3, 0.4) is 0 Å². The Morgan fingerprint density at radius 2 is 2.10 bits per heavy atom. The molecule has 1 saturated heterocycles. The van der Waals surface area contributed by atoms with E-state index >= 15 is 0 Å². The van der Waals surface area contributed by atoms with Gasteiger partial charge in [-0.25, -0.2) is 0 Å². The first-order valence-corrected chi connectivity index (χ1v) is 8.23. The molecule has 21 heavy (non-hydrogen) atoms. The van der Waals surface area contributed by atoms with Gasteiger partial charge in [-0.2, -0.15) is 0 Å². The smallest absolute Gasteiger partial charge is 0.326 e. The average molecular weight is 299 g/mol. The lowest BCUT2D eigenvalue weighted by atomic mass is 9.80. The maximum atomic E-state index is 12.2. The molecule has 0 radical (unpaired) electrons. The number of methoxy groups -OCH3 is 1. The molecule has 2 fully saturated rings. The summed E-state index contributed by atoms with van der Waals surface area (Å²) in [7, 11) is 1.47. The first kappa shape index (κ1) is 16.7. The third kappa shape index (κ3) is 4.41. The van der Waals surface area contributed by atoms with Crippen molar-refractivity contribution < 1.29 is 19.0 Å². The summed E-state index contributed by atoms with van der Waals surface area (Å²) in [6.07, 6.45) is 5.92. The number of carbonyl (C=O) groups excluding carboxylic acids is 1. The van der Waals surface area contributed by atoms with Crippen LogP contribution in [0.15, 0.2) is 0 Å². The number of hydrogen-bond acceptors (Lipinski definition) is 5. The highest BCUT2D eigenvalue weighted by Crippen LogP contribution is 2.32. The second-order valence-corrected chi connectivity index (χ2v) is 6.21. The molecule has 2 rings (SSSR count). The Morgan fingerprint density at radius 1 is 1.33 bits per heavy atom. The molecule has 0 aromatic rings. The van der Waals surface area contributed by atoms with E-state index in [0.29, 0.717) is 5.92 Å². The van der Waals surface area contributed by atoms with Crippen LogP contribution in [-0.2, 0) is 19.0 Å². The van der Waals surface area contributed by atoms with Gasteiger partial charge in [0, 0.05) is 26.2 Å². The first-order valence-electron chi connectivity index (χ1n) is 8.23. The Balaban J connectivity index is 1.87. The molecule has 122 valence electrons. The van der Waals surface area contributed by atoms with Crippen LogP contribution in [0.2, 0.25) is 0 Å². The minimum atomic E-state index is -0.553. The standard InChI is InChI=1S/C16H29NO4/c1-3-17-16(15(18)19-2)8-4-5-14(11-16)21-12-13-6-9-20-10-7-13/h13-14,17H,3-12H2,1-2H3. The fourth-order valence-corrected chi connectivity index (χ4v) is 3.50. The quantitative estimate of drug-likeness (QED) is 0.759. The number of carbonyl (C=O) groups is 1. The summed E-state index contributed by atoms with van der Waals surface area (Å²) in [5.74, 6) is 0.455. The van der Waals surface area contributed by atoms with E-state index in [0.717, 1.165) is 64.9 Å². The van der Waals surface area contributed by atoms with E-state index in [2.05, 4.69) is 5.32 Å². The van der Waals surface area contributed by atoms with E-state index in [1.54, 1.807) is 0 Å². The van der Waals surface area contributed by atoms with Crippen LogP contribution in [0.1, 0.15) is 45.4 Å². The van der Waals surface area contributed by atoms with Crippen LogP contribution in [0.4, 0.5) is 0 Å². The first-order chi connectivity index (χ1) is 10.2. The molecule has 1 heterocycles. The number of rotatable bonds is 6. The van der Waals surface area contributed by atoms with Gasteiger partial charge in [-0.1, -0.05) is 6.92 Å². The number of likely N-dealkylation sites (N-methyl/N-ethyl adjacent to an activating group) is 1. The van der Waals surface area contributed by atoms with E-state index in [4.69, 9.17) is 14.2 Å².